The van der Waals surface area contributed by atoms with E-state index >= 15 is 0 Å². The van der Waals surface area contributed by atoms with Crippen molar-refractivity contribution in [3.63, 3.8) is 0 Å². The third-order valence-electron chi connectivity index (χ3n) is 5.79. The fraction of sp³-hybridized carbons (Fsp3) is 0.375. The molecule has 0 aliphatic carbocycles. The molecule has 1 aromatic heterocycles. The van der Waals surface area contributed by atoms with Crippen LogP contribution in [0, 0.1) is 6.92 Å². The zero-order valence-corrected chi connectivity index (χ0v) is 17.4. The van der Waals surface area contributed by atoms with Crippen LogP contribution in [0.2, 0.25) is 0 Å². The predicted octanol–water partition coefficient (Wildman–Crippen LogP) is 3.37. The number of rotatable bonds is 8. The Balaban J connectivity index is 1.51. The molecule has 0 saturated carbocycles. The Bertz CT molecular complexity index is 1010. The van der Waals surface area contributed by atoms with Gasteiger partial charge in [0.1, 0.15) is 5.75 Å². The van der Waals surface area contributed by atoms with E-state index in [1.54, 1.807) is 0 Å². The van der Waals surface area contributed by atoms with Crippen molar-refractivity contribution >= 4 is 16.9 Å². The smallest absolute Gasteiger partial charge is 0.338 e. The van der Waals surface area contributed by atoms with Crippen LogP contribution < -0.4 is 10.1 Å². The molecule has 1 aliphatic heterocycles. The Morgan fingerprint density at radius 2 is 1.90 bits per heavy atom. The fourth-order valence-corrected chi connectivity index (χ4v) is 4.20. The van der Waals surface area contributed by atoms with Crippen molar-refractivity contribution in [3.05, 3.63) is 65.4 Å². The fourth-order valence-electron chi connectivity index (χ4n) is 4.20. The Morgan fingerprint density at radius 3 is 2.63 bits per heavy atom. The van der Waals surface area contributed by atoms with Gasteiger partial charge in [0.25, 0.3) is 0 Å². The van der Waals surface area contributed by atoms with E-state index in [2.05, 4.69) is 26.9 Å². The number of carbonyl (C=O) groups is 1. The number of nitrogens with one attached hydrogen (secondary N) is 1. The molecule has 0 radical (unpaired) electrons. The van der Waals surface area contributed by atoms with Gasteiger partial charge in [-0.2, -0.15) is 0 Å². The minimum absolute atomic E-state index is 0.354. The lowest BCUT2D eigenvalue weighted by molar-refractivity contribution is 0.0698. The first kappa shape index (κ1) is 20.4. The summed E-state index contributed by atoms with van der Waals surface area (Å²) in [7, 11) is 0. The number of benzene rings is 2. The maximum absolute atomic E-state index is 12.0. The molecule has 2 aromatic carbocycles. The zero-order valence-electron chi connectivity index (χ0n) is 17.4. The minimum Gasteiger partial charge on any atom is -0.494 e. The van der Waals surface area contributed by atoms with E-state index in [-0.39, 0.29) is 0 Å². The van der Waals surface area contributed by atoms with E-state index in [0.717, 1.165) is 67.1 Å². The van der Waals surface area contributed by atoms with Crippen molar-refractivity contribution in [2.45, 2.75) is 19.9 Å². The lowest BCUT2D eigenvalue weighted by atomic mass is 10.1. The summed E-state index contributed by atoms with van der Waals surface area (Å²) in [6, 6.07) is 15.9. The molecular weight excluding hydrogens is 378 g/mol. The van der Waals surface area contributed by atoms with Gasteiger partial charge < -0.3 is 24.6 Å². The van der Waals surface area contributed by atoms with Gasteiger partial charge in [0.2, 0.25) is 0 Å². The van der Waals surface area contributed by atoms with Gasteiger partial charge in [-0.1, -0.05) is 30.3 Å². The molecule has 4 rings (SSSR count). The highest BCUT2D eigenvalue weighted by Crippen LogP contribution is 2.30. The SMILES string of the molecule is Cc1c(C(=O)O)c2cc(OCCCN3CCNCC3)ccc2n1Cc1ccccc1. The van der Waals surface area contributed by atoms with E-state index in [1.165, 1.54) is 0 Å². The first-order valence-electron chi connectivity index (χ1n) is 10.6. The van der Waals surface area contributed by atoms with E-state index in [1.807, 2.05) is 43.3 Å². The molecule has 0 unspecified atom stereocenters. The highest BCUT2D eigenvalue weighted by atomic mass is 16.5. The Kier molecular flexibility index (Phi) is 6.35. The van der Waals surface area contributed by atoms with Gasteiger partial charge in [-0.25, -0.2) is 4.79 Å². The topological polar surface area (TPSA) is 66.7 Å². The Hall–Kier alpha value is -2.83. The number of fused-ring (bicyclic) bond motifs is 1. The van der Waals surface area contributed by atoms with Crippen molar-refractivity contribution < 1.29 is 14.6 Å². The normalized spacial score (nSPS) is 14.8. The number of hydrogen-bond donors (Lipinski definition) is 2. The van der Waals surface area contributed by atoms with Gasteiger partial charge in [0.15, 0.2) is 0 Å². The molecule has 2 N–H and O–H groups in total. The van der Waals surface area contributed by atoms with Gasteiger partial charge in [-0.05, 0) is 37.1 Å². The summed E-state index contributed by atoms with van der Waals surface area (Å²) >= 11 is 0. The zero-order chi connectivity index (χ0) is 20.9. The first-order valence-corrected chi connectivity index (χ1v) is 10.6. The number of nitrogens with zero attached hydrogens (tertiary/aromatic N) is 2. The van der Waals surface area contributed by atoms with Crippen LogP contribution in [0.3, 0.4) is 0 Å². The van der Waals surface area contributed by atoms with Gasteiger partial charge in [0, 0.05) is 55.9 Å². The molecule has 1 fully saturated rings. The Morgan fingerprint density at radius 1 is 1.13 bits per heavy atom. The molecule has 158 valence electrons. The summed E-state index contributed by atoms with van der Waals surface area (Å²) in [5.41, 5.74) is 3.18. The minimum atomic E-state index is -0.903. The molecule has 1 aliphatic rings. The average molecular weight is 408 g/mol. The lowest BCUT2D eigenvalue weighted by Gasteiger charge is -2.26. The van der Waals surface area contributed by atoms with Crippen LogP contribution in [0.15, 0.2) is 48.5 Å². The average Bonchev–Trinajstić information content (AvgIpc) is 3.03. The van der Waals surface area contributed by atoms with Crippen LogP contribution in [0.1, 0.15) is 28.0 Å². The number of carboxylic acid groups (broad SMARTS) is 1. The number of piperazine rings is 1. The van der Waals surface area contributed by atoms with Crippen LogP contribution in [0.25, 0.3) is 10.9 Å². The molecule has 0 amide bonds. The number of carboxylic acids is 1. The van der Waals surface area contributed by atoms with Gasteiger partial charge in [-0.15, -0.1) is 0 Å². The van der Waals surface area contributed by atoms with Crippen LogP contribution in [-0.4, -0.2) is 59.9 Å². The summed E-state index contributed by atoms with van der Waals surface area (Å²) < 4.78 is 8.03. The van der Waals surface area contributed by atoms with E-state index in [4.69, 9.17) is 4.74 Å². The molecule has 6 nitrogen and oxygen atoms in total. The van der Waals surface area contributed by atoms with Crippen LogP contribution in [0.5, 0.6) is 5.75 Å². The van der Waals surface area contributed by atoms with Crippen LogP contribution in [-0.2, 0) is 6.54 Å². The second kappa shape index (κ2) is 9.32. The number of aromatic carboxylic acids is 1. The van der Waals surface area contributed by atoms with Gasteiger partial charge in [0.05, 0.1) is 12.2 Å². The highest BCUT2D eigenvalue weighted by Gasteiger charge is 2.20. The molecule has 1 saturated heterocycles. The molecule has 0 bridgehead atoms. The van der Waals surface area contributed by atoms with Crippen LogP contribution in [0.4, 0.5) is 0 Å². The molecule has 6 heteroatoms. The summed E-state index contributed by atoms with van der Waals surface area (Å²) in [5, 5.41) is 13.9. The first-order chi connectivity index (χ1) is 14.6. The Labute approximate surface area is 177 Å². The summed E-state index contributed by atoms with van der Waals surface area (Å²) in [4.78, 5) is 14.4. The largest absolute Gasteiger partial charge is 0.494 e. The standard InChI is InChI=1S/C24H29N3O3/c1-18-23(24(28)29)21-16-20(30-15-5-12-26-13-10-25-11-14-26)8-9-22(21)27(18)17-19-6-3-2-4-7-19/h2-4,6-9,16,25H,5,10-15,17H2,1H3,(H,28,29). The highest BCUT2D eigenvalue weighted by molar-refractivity contribution is 6.05. The van der Waals surface area contributed by atoms with Crippen LogP contribution >= 0.6 is 0 Å². The van der Waals surface area contributed by atoms with Crippen molar-refractivity contribution in [2.75, 3.05) is 39.3 Å². The quantitative estimate of drug-likeness (QED) is 0.561. The molecule has 3 aromatic rings. The summed E-state index contributed by atoms with van der Waals surface area (Å²) in [5.74, 6) is -0.178. The third kappa shape index (κ3) is 4.50. The number of ether oxygens (including phenoxy) is 1. The van der Waals surface area contributed by atoms with Crippen molar-refractivity contribution in [1.29, 1.82) is 0 Å². The molecule has 2 heterocycles. The van der Waals surface area contributed by atoms with E-state index in [9.17, 15) is 9.90 Å². The van der Waals surface area contributed by atoms with Crippen molar-refractivity contribution in [1.82, 2.24) is 14.8 Å². The monoisotopic (exact) mass is 407 g/mol. The molecular formula is C24H29N3O3. The van der Waals surface area contributed by atoms with Gasteiger partial charge >= 0.3 is 5.97 Å². The predicted molar refractivity (Wildman–Crippen MR) is 119 cm³/mol. The summed E-state index contributed by atoms with van der Waals surface area (Å²) in [6.45, 7) is 8.44. The van der Waals surface area contributed by atoms with E-state index < -0.39 is 5.97 Å². The van der Waals surface area contributed by atoms with Gasteiger partial charge in [-0.3, -0.25) is 0 Å². The second-order valence-corrected chi connectivity index (χ2v) is 7.81. The second-order valence-electron chi connectivity index (χ2n) is 7.81. The summed E-state index contributed by atoms with van der Waals surface area (Å²) in [6.07, 6.45) is 0.956. The molecule has 0 spiro atoms. The third-order valence-corrected chi connectivity index (χ3v) is 5.79. The number of hydrogen-bond acceptors (Lipinski definition) is 4. The lowest BCUT2D eigenvalue weighted by Crippen LogP contribution is -2.43. The van der Waals surface area contributed by atoms with Crippen molar-refractivity contribution in [2.24, 2.45) is 0 Å². The molecule has 0 atom stereocenters. The van der Waals surface area contributed by atoms with Crippen molar-refractivity contribution in [3.8, 4) is 5.75 Å². The molecule has 30 heavy (non-hydrogen) atoms. The number of aromatic nitrogens is 1. The van der Waals surface area contributed by atoms with E-state index in [0.29, 0.717) is 18.7 Å². The maximum Gasteiger partial charge on any atom is 0.338 e. The maximum atomic E-state index is 12.0.